The van der Waals surface area contributed by atoms with Crippen LogP contribution in [0.15, 0.2) is 54.6 Å². The van der Waals surface area contributed by atoms with E-state index in [1.807, 2.05) is 42.5 Å². The summed E-state index contributed by atoms with van der Waals surface area (Å²) < 4.78 is 0. The number of hydrogen-bond donors (Lipinski definition) is 2. The second kappa shape index (κ2) is 9.62. The summed E-state index contributed by atoms with van der Waals surface area (Å²) in [7, 11) is 0. The first-order valence-electron chi connectivity index (χ1n) is 12.2. The zero-order valence-electron chi connectivity index (χ0n) is 20.1. The first-order chi connectivity index (χ1) is 17.0. The van der Waals surface area contributed by atoms with Crippen LogP contribution in [0.4, 0.5) is 5.00 Å². The lowest BCUT2D eigenvalue weighted by molar-refractivity contribution is 0.1000. The quantitative estimate of drug-likeness (QED) is 0.333. The number of hydrogen-bond acceptors (Lipinski definition) is 4. The van der Waals surface area contributed by atoms with Gasteiger partial charge in [0.1, 0.15) is 5.00 Å². The highest BCUT2D eigenvalue weighted by atomic mass is 32.1. The first-order valence-corrected chi connectivity index (χ1v) is 13.0. The number of carbonyl (C=O) groups is 2. The van der Waals surface area contributed by atoms with Crippen LogP contribution < -0.4 is 11.1 Å². The Hall–Kier alpha value is -3.51. The third-order valence-electron chi connectivity index (χ3n) is 7.04. The van der Waals surface area contributed by atoms with E-state index in [4.69, 9.17) is 10.7 Å². The Bertz CT molecular complexity index is 1420. The van der Waals surface area contributed by atoms with Crippen LogP contribution in [-0.2, 0) is 19.3 Å². The van der Waals surface area contributed by atoms with E-state index in [9.17, 15) is 9.59 Å². The Morgan fingerprint density at radius 3 is 2.60 bits per heavy atom. The van der Waals surface area contributed by atoms with Gasteiger partial charge in [0.25, 0.3) is 11.8 Å². The molecule has 4 aromatic rings. The average Bonchev–Trinajstić information content (AvgIpc) is 3.25. The molecule has 0 aliphatic heterocycles. The van der Waals surface area contributed by atoms with Crippen LogP contribution in [0.25, 0.3) is 22.2 Å². The van der Waals surface area contributed by atoms with Crippen LogP contribution in [0.2, 0.25) is 0 Å². The van der Waals surface area contributed by atoms with E-state index < -0.39 is 5.91 Å². The molecule has 2 aromatic carbocycles. The Morgan fingerprint density at radius 1 is 1.11 bits per heavy atom. The molecule has 0 fully saturated rings. The lowest BCUT2D eigenvalue weighted by Gasteiger charge is -2.20. The molecule has 5 nitrogen and oxygen atoms in total. The minimum absolute atomic E-state index is 0.261. The maximum atomic E-state index is 13.6. The molecule has 1 aliphatic rings. The summed E-state index contributed by atoms with van der Waals surface area (Å²) in [5.41, 5.74) is 11.5. The predicted octanol–water partition coefficient (Wildman–Crippen LogP) is 6.39. The molecule has 1 unspecified atom stereocenters. The van der Waals surface area contributed by atoms with E-state index in [1.165, 1.54) is 21.8 Å². The van der Waals surface area contributed by atoms with Crippen LogP contribution in [0.3, 0.4) is 0 Å². The van der Waals surface area contributed by atoms with Crippen LogP contribution in [0.1, 0.15) is 63.4 Å². The number of thiophene rings is 1. The van der Waals surface area contributed by atoms with Crippen molar-refractivity contribution in [1.82, 2.24) is 4.98 Å². The molecule has 0 saturated heterocycles. The van der Waals surface area contributed by atoms with Crippen molar-refractivity contribution < 1.29 is 9.59 Å². The van der Waals surface area contributed by atoms with Gasteiger partial charge in [-0.25, -0.2) is 4.98 Å². The summed E-state index contributed by atoms with van der Waals surface area (Å²) in [6.07, 6.45) is 4.88. The number of aromatic nitrogens is 1. The normalized spacial score (nSPS) is 15.1. The summed E-state index contributed by atoms with van der Waals surface area (Å²) in [5.74, 6) is -0.136. The highest BCUT2D eigenvalue weighted by Gasteiger charge is 2.28. The number of nitrogens with zero attached hydrogens (tertiary/aromatic N) is 1. The fourth-order valence-electron chi connectivity index (χ4n) is 4.94. The molecule has 1 atom stereocenters. The van der Waals surface area contributed by atoms with Crippen molar-refractivity contribution in [2.75, 3.05) is 5.32 Å². The Labute approximate surface area is 209 Å². The van der Waals surface area contributed by atoms with Gasteiger partial charge in [0.2, 0.25) is 0 Å². The highest BCUT2D eigenvalue weighted by Crippen LogP contribution is 2.40. The third kappa shape index (κ3) is 4.46. The number of nitrogens with two attached hydrogens (primary N) is 1. The van der Waals surface area contributed by atoms with Gasteiger partial charge in [0, 0.05) is 15.8 Å². The van der Waals surface area contributed by atoms with E-state index in [0.717, 1.165) is 59.8 Å². The van der Waals surface area contributed by atoms with Crippen molar-refractivity contribution in [2.45, 2.75) is 46.0 Å². The van der Waals surface area contributed by atoms with Crippen molar-refractivity contribution in [2.24, 2.45) is 11.7 Å². The summed E-state index contributed by atoms with van der Waals surface area (Å²) in [4.78, 5) is 32.0. The van der Waals surface area contributed by atoms with Gasteiger partial charge >= 0.3 is 0 Å². The molecule has 178 valence electrons. The van der Waals surface area contributed by atoms with Gasteiger partial charge in [-0.2, -0.15) is 0 Å². The van der Waals surface area contributed by atoms with E-state index in [-0.39, 0.29) is 5.91 Å². The van der Waals surface area contributed by atoms with Crippen molar-refractivity contribution in [3.63, 3.8) is 0 Å². The minimum atomic E-state index is -0.482. The molecule has 3 N–H and O–H groups in total. The molecule has 0 radical (unpaired) electrons. The first kappa shape index (κ1) is 23.2. The molecular formula is C29H29N3O2S. The number of rotatable bonds is 6. The maximum absolute atomic E-state index is 13.6. The van der Waals surface area contributed by atoms with Gasteiger partial charge in [-0.05, 0) is 54.9 Å². The Morgan fingerprint density at radius 2 is 1.89 bits per heavy atom. The van der Waals surface area contributed by atoms with Gasteiger partial charge in [0.05, 0.1) is 22.3 Å². The molecule has 2 amide bonds. The number of aryl methyl sites for hydroxylation is 1. The number of para-hydroxylation sites is 1. The van der Waals surface area contributed by atoms with E-state index >= 15 is 0 Å². The lowest BCUT2D eigenvalue weighted by atomic mass is 9.85. The average molecular weight is 484 g/mol. The minimum Gasteiger partial charge on any atom is -0.365 e. The topological polar surface area (TPSA) is 85.1 Å². The monoisotopic (exact) mass is 483 g/mol. The number of fused-ring (bicyclic) bond motifs is 2. The second-order valence-corrected chi connectivity index (χ2v) is 10.3. The van der Waals surface area contributed by atoms with E-state index in [0.29, 0.717) is 22.0 Å². The molecular weight excluding hydrogens is 454 g/mol. The molecule has 6 heteroatoms. The van der Waals surface area contributed by atoms with Gasteiger partial charge in [-0.15, -0.1) is 11.3 Å². The predicted molar refractivity (Wildman–Crippen MR) is 143 cm³/mol. The fraction of sp³-hybridized carbons (Fsp3) is 0.276. The van der Waals surface area contributed by atoms with Crippen LogP contribution in [0.5, 0.6) is 0 Å². The summed E-state index contributed by atoms with van der Waals surface area (Å²) in [6, 6.07) is 17.7. The van der Waals surface area contributed by atoms with E-state index in [2.05, 4.69) is 31.3 Å². The molecule has 1 aliphatic carbocycles. The zero-order valence-corrected chi connectivity index (χ0v) is 20.9. The molecule has 0 spiro atoms. The Balaban J connectivity index is 1.55. The molecule has 2 aromatic heterocycles. The number of benzene rings is 2. The van der Waals surface area contributed by atoms with Crippen molar-refractivity contribution in [3.8, 4) is 11.3 Å². The van der Waals surface area contributed by atoms with Crippen LogP contribution in [0, 0.1) is 5.92 Å². The number of carbonyl (C=O) groups excluding carboxylic acids is 2. The number of pyridine rings is 1. The SMILES string of the molecule is CCc1ccc(-c2cc(C(=O)Nc3sc4c(c3C(N)=O)CCC(CC)C4)c3ccccc3n2)cc1. The third-order valence-corrected chi connectivity index (χ3v) is 8.21. The van der Waals surface area contributed by atoms with Gasteiger partial charge in [-0.3, -0.25) is 9.59 Å². The molecule has 2 heterocycles. The van der Waals surface area contributed by atoms with Crippen molar-refractivity contribution in [3.05, 3.63) is 81.7 Å². The summed E-state index contributed by atoms with van der Waals surface area (Å²) >= 11 is 1.49. The van der Waals surface area contributed by atoms with Gasteiger partial charge in [-0.1, -0.05) is 62.7 Å². The van der Waals surface area contributed by atoms with Crippen LogP contribution >= 0.6 is 11.3 Å². The standard InChI is InChI=1S/C29H29N3O2S/c1-3-17-9-12-19(13-10-17)24-16-22(20-7-5-6-8-23(20)31-24)28(34)32-29-26(27(30)33)21-14-11-18(4-2)15-25(21)35-29/h5-10,12-13,16,18H,3-4,11,14-15H2,1-2H3,(H2,30,33)(H,32,34). The number of anilines is 1. The van der Waals surface area contributed by atoms with Crippen molar-refractivity contribution >= 4 is 39.1 Å². The van der Waals surface area contributed by atoms with Crippen LogP contribution in [-0.4, -0.2) is 16.8 Å². The number of primary amides is 1. The second-order valence-electron chi connectivity index (χ2n) is 9.17. The molecule has 0 saturated carbocycles. The van der Waals surface area contributed by atoms with E-state index in [1.54, 1.807) is 0 Å². The molecule has 0 bridgehead atoms. The summed E-state index contributed by atoms with van der Waals surface area (Å²) in [5, 5.41) is 4.36. The molecule has 35 heavy (non-hydrogen) atoms. The van der Waals surface area contributed by atoms with Gasteiger partial charge in [0.15, 0.2) is 0 Å². The molecule has 5 rings (SSSR count). The van der Waals surface area contributed by atoms with Crippen molar-refractivity contribution in [1.29, 1.82) is 0 Å². The number of amides is 2. The summed E-state index contributed by atoms with van der Waals surface area (Å²) in [6.45, 7) is 4.32. The van der Waals surface area contributed by atoms with Gasteiger partial charge < -0.3 is 11.1 Å². The Kier molecular flexibility index (Phi) is 6.39. The largest absolute Gasteiger partial charge is 0.365 e. The highest BCUT2D eigenvalue weighted by molar-refractivity contribution is 7.17. The fourth-order valence-corrected chi connectivity index (χ4v) is 6.31. The lowest BCUT2D eigenvalue weighted by Crippen LogP contribution is -2.20. The smallest absolute Gasteiger partial charge is 0.257 e. The maximum Gasteiger partial charge on any atom is 0.257 e. The zero-order chi connectivity index (χ0) is 24.5. The number of nitrogens with one attached hydrogen (secondary N) is 1.